The highest BCUT2D eigenvalue weighted by Crippen LogP contribution is 2.30. The Bertz CT molecular complexity index is 569. The summed E-state index contributed by atoms with van der Waals surface area (Å²) in [7, 11) is -1.54. The lowest BCUT2D eigenvalue weighted by molar-refractivity contribution is 0.162. The van der Waals surface area contributed by atoms with E-state index in [1.807, 2.05) is 24.3 Å². The van der Waals surface area contributed by atoms with Crippen LogP contribution in [-0.2, 0) is 10.0 Å². The van der Waals surface area contributed by atoms with Crippen molar-refractivity contribution in [1.82, 2.24) is 9.62 Å². The molecule has 0 saturated carbocycles. The van der Waals surface area contributed by atoms with Crippen LogP contribution in [-0.4, -0.2) is 45.8 Å². The van der Waals surface area contributed by atoms with Crippen molar-refractivity contribution < 1.29 is 13.2 Å². The maximum absolute atomic E-state index is 11.8. The first-order valence-corrected chi connectivity index (χ1v) is 9.57. The summed E-state index contributed by atoms with van der Waals surface area (Å²) in [6.07, 6.45) is 3.56. The number of nitrogens with one attached hydrogen (secondary N) is 1. The van der Waals surface area contributed by atoms with E-state index in [1.54, 1.807) is 14.0 Å². The Morgan fingerprint density at radius 1 is 1.23 bits per heavy atom. The molecule has 1 atom stereocenters. The maximum atomic E-state index is 11.8. The molecular formula is C16H26N2O3S. The summed E-state index contributed by atoms with van der Waals surface area (Å²) in [5.41, 5.74) is 1.05. The van der Waals surface area contributed by atoms with E-state index in [-0.39, 0.29) is 11.8 Å². The number of sulfonamides is 1. The van der Waals surface area contributed by atoms with Gasteiger partial charge < -0.3 is 4.74 Å². The number of rotatable bonds is 7. The molecule has 0 aliphatic carbocycles. The van der Waals surface area contributed by atoms with Gasteiger partial charge in [0.2, 0.25) is 10.0 Å². The van der Waals surface area contributed by atoms with Gasteiger partial charge in [-0.1, -0.05) is 24.6 Å². The summed E-state index contributed by atoms with van der Waals surface area (Å²) in [5, 5.41) is 0. The fraction of sp³-hybridized carbons (Fsp3) is 0.625. The third kappa shape index (κ3) is 4.44. The van der Waals surface area contributed by atoms with Gasteiger partial charge in [0.1, 0.15) is 5.75 Å². The molecule has 1 N–H and O–H groups in total. The summed E-state index contributed by atoms with van der Waals surface area (Å²) in [6, 6.07) is 7.88. The Labute approximate surface area is 133 Å². The normalized spacial score (nSPS) is 18.1. The molecule has 1 aliphatic rings. The molecule has 1 aromatic rings. The fourth-order valence-corrected chi connectivity index (χ4v) is 3.53. The van der Waals surface area contributed by atoms with Crippen molar-refractivity contribution >= 4 is 10.0 Å². The molecule has 1 fully saturated rings. The van der Waals surface area contributed by atoms with E-state index in [4.69, 9.17) is 4.74 Å². The third-order valence-corrected chi connectivity index (χ3v) is 5.57. The Morgan fingerprint density at radius 2 is 1.91 bits per heavy atom. The van der Waals surface area contributed by atoms with Crippen LogP contribution in [0.15, 0.2) is 24.3 Å². The van der Waals surface area contributed by atoms with E-state index in [0.29, 0.717) is 6.54 Å². The minimum Gasteiger partial charge on any atom is -0.496 e. The van der Waals surface area contributed by atoms with Crippen LogP contribution in [0.25, 0.3) is 0 Å². The Balaban J connectivity index is 2.24. The maximum Gasteiger partial charge on any atom is 0.211 e. The van der Waals surface area contributed by atoms with E-state index in [1.165, 1.54) is 6.42 Å². The number of piperidine rings is 1. The molecule has 0 spiro atoms. The number of hydrogen-bond donors (Lipinski definition) is 1. The number of nitrogens with zero attached hydrogens (tertiary/aromatic N) is 1. The van der Waals surface area contributed by atoms with E-state index in [0.717, 1.165) is 37.2 Å². The Morgan fingerprint density at radius 3 is 2.55 bits per heavy atom. The highest BCUT2D eigenvalue weighted by atomic mass is 32.2. The van der Waals surface area contributed by atoms with Gasteiger partial charge in [-0.25, -0.2) is 13.1 Å². The minimum atomic E-state index is -3.20. The lowest BCUT2D eigenvalue weighted by atomic mass is 10.0. The highest BCUT2D eigenvalue weighted by Gasteiger charge is 2.25. The second kappa shape index (κ2) is 7.94. The molecule has 124 valence electrons. The lowest BCUT2D eigenvalue weighted by Gasteiger charge is -2.35. The quantitative estimate of drug-likeness (QED) is 0.834. The predicted molar refractivity (Wildman–Crippen MR) is 88.6 cm³/mol. The molecule has 6 heteroatoms. The van der Waals surface area contributed by atoms with Crippen LogP contribution in [0.5, 0.6) is 5.75 Å². The second-order valence-corrected chi connectivity index (χ2v) is 7.70. The van der Waals surface area contributed by atoms with Crippen LogP contribution in [0.4, 0.5) is 0 Å². The van der Waals surface area contributed by atoms with Gasteiger partial charge in [0.05, 0.1) is 18.9 Å². The average molecular weight is 326 g/mol. The number of para-hydroxylation sites is 1. The molecule has 0 amide bonds. The molecule has 0 radical (unpaired) electrons. The van der Waals surface area contributed by atoms with Gasteiger partial charge in [-0.3, -0.25) is 4.90 Å². The standard InChI is InChI=1S/C16H26N2O3S/c1-3-22(19,20)17-13-15(18-11-7-4-8-12-18)14-9-5-6-10-16(14)21-2/h5-6,9-10,15,17H,3-4,7-8,11-13H2,1-2H3. The molecular weight excluding hydrogens is 300 g/mol. The van der Waals surface area contributed by atoms with Crippen LogP contribution in [0.2, 0.25) is 0 Å². The largest absolute Gasteiger partial charge is 0.496 e. The third-order valence-electron chi connectivity index (χ3n) is 4.21. The molecule has 0 aromatic heterocycles. The summed E-state index contributed by atoms with van der Waals surface area (Å²) >= 11 is 0. The van der Waals surface area contributed by atoms with Crippen molar-refractivity contribution in [2.75, 3.05) is 32.5 Å². The molecule has 1 heterocycles. The van der Waals surface area contributed by atoms with E-state index in [2.05, 4.69) is 9.62 Å². The molecule has 1 unspecified atom stereocenters. The van der Waals surface area contributed by atoms with E-state index < -0.39 is 10.0 Å². The second-order valence-electron chi connectivity index (χ2n) is 5.61. The van der Waals surface area contributed by atoms with Crippen molar-refractivity contribution in [2.24, 2.45) is 0 Å². The predicted octanol–water partition coefficient (Wildman–Crippen LogP) is 2.16. The highest BCUT2D eigenvalue weighted by molar-refractivity contribution is 7.89. The SMILES string of the molecule is CCS(=O)(=O)NCC(c1ccccc1OC)N1CCCCC1. The number of hydrogen-bond acceptors (Lipinski definition) is 4. The van der Waals surface area contributed by atoms with Gasteiger partial charge in [0.25, 0.3) is 0 Å². The first-order chi connectivity index (χ1) is 10.6. The fourth-order valence-electron chi connectivity index (χ4n) is 2.92. The van der Waals surface area contributed by atoms with Crippen molar-refractivity contribution in [3.05, 3.63) is 29.8 Å². The summed E-state index contributed by atoms with van der Waals surface area (Å²) < 4.78 is 31.8. The Hall–Kier alpha value is -1.11. The summed E-state index contributed by atoms with van der Waals surface area (Å²) in [6.45, 7) is 4.03. The van der Waals surface area contributed by atoms with Gasteiger partial charge in [0.15, 0.2) is 0 Å². The molecule has 1 aliphatic heterocycles. The average Bonchev–Trinajstić information content (AvgIpc) is 2.56. The van der Waals surface area contributed by atoms with Gasteiger partial charge in [0, 0.05) is 12.1 Å². The van der Waals surface area contributed by atoms with Gasteiger partial charge in [-0.05, 0) is 38.9 Å². The van der Waals surface area contributed by atoms with Gasteiger partial charge >= 0.3 is 0 Å². The zero-order chi connectivity index (χ0) is 16.0. The van der Waals surface area contributed by atoms with Crippen molar-refractivity contribution in [3.8, 4) is 5.75 Å². The lowest BCUT2D eigenvalue weighted by Crippen LogP contribution is -2.41. The smallest absolute Gasteiger partial charge is 0.211 e. The summed E-state index contributed by atoms with van der Waals surface area (Å²) in [4.78, 5) is 2.36. The van der Waals surface area contributed by atoms with Crippen molar-refractivity contribution in [2.45, 2.75) is 32.2 Å². The number of ether oxygens (including phenoxy) is 1. The minimum absolute atomic E-state index is 0.0118. The molecule has 1 aromatic carbocycles. The van der Waals surface area contributed by atoms with Crippen LogP contribution in [0, 0.1) is 0 Å². The van der Waals surface area contributed by atoms with Gasteiger partial charge in [-0.2, -0.15) is 0 Å². The molecule has 22 heavy (non-hydrogen) atoms. The first-order valence-electron chi connectivity index (χ1n) is 7.91. The van der Waals surface area contributed by atoms with Crippen LogP contribution >= 0.6 is 0 Å². The first kappa shape index (κ1) is 17.2. The monoisotopic (exact) mass is 326 g/mol. The molecule has 0 bridgehead atoms. The zero-order valence-corrected chi connectivity index (χ0v) is 14.2. The summed E-state index contributed by atoms with van der Waals surface area (Å²) in [5.74, 6) is 0.916. The molecule has 5 nitrogen and oxygen atoms in total. The van der Waals surface area contributed by atoms with Crippen molar-refractivity contribution in [3.63, 3.8) is 0 Å². The van der Waals surface area contributed by atoms with Crippen LogP contribution < -0.4 is 9.46 Å². The zero-order valence-electron chi connectivity index (χ0n) is 13.4. The number of methoxy groups -OCH3 is 1. The van der Waals surface area contributed by atoms with Crippen LogP contribution in [0.3, 0.4) is 0 Å². The molecule has 2 rings (SSSR count). The Kier molecular flexibility index (Phi) is 6.23. The van der Waals surface area contributed by atoms with Crippen molar-refractivity contribution in [1.29, 1.82) is 0 Å². The van der Waals surface area contributed by atoms with Crippen LogP contribution in [0.1, 0.15) is 37.8 Å². The molecule has 1 saturated heterocycles. The topological polar surface area (TPSA) is 58.6 Å². The van der Waals surface area contributed by atoms with Gasteiger partial charge in [-0.15, -0.1) is 0 Å². The van der Waals surface area contributed by atoms with E-state index in [9.17, 15) is 8.42 Å². The number of benzene rings is 1. The van der Waals surface area contributed by atoms with E-state index >= 15 is 0 Å². The number of likely N-dealkylation sites (tertiary alicyclic amines) is 1.